The van der Waals surface area contributed by atoms with E-state index in [0.29, 0.717) is 19.5 Å². The average Bonchev–Trinajstić information content (AvgIpc) is 2.43. The Morgan fingerprint density at radius 1 is 1.52 bits per heavy atom. The number of carbonyl (C=O) groups is 1. The van der Waals surface area contributed by atoms with Gasteiger partial charge in [-0.2, -0.15) is 5.26 Å². The van der Waals surface area contributed by atoms with Crippen molar-refractivity contribution >= 4 is 12.0 Å². The fourth-order valence-corrected chi connectivity index (χ4v) is 1.93. The van der Waals surface area contributed by atoms with Crippen LogP contribution in [-0.4, -0.2) is 28.6 Å². The topological polar surface area (TPSA) is 64.3 Å². The van der Waals surface area contributed by atoms with Gasteiger partial charge in [-0.25, -0.2) is 9.18 Å². The largest absolute Gasteiger partial charge is 0.478 e. The maximum Gasteiger partial charge on any atom is 0.328 e. The summed E-state index contributed by atoms with van der Waals surface area (Å²) >= 11 is 0. The second kappa shape index (κ2) is 8.18. The van der Waals surface area contributed by atoms with Crippen LogP contribution in [0.3, 0.4) is 0 Å². The summed E-state index contributed by atoms with van der Waals surface area (Å²) in [5.74, 6) is -1.57. The summed E-state index contributed by atoms with van der Waals surface area (Å²) in [6, 6.07) is 7.02. The van der Waals surface area contributed by atoms with Crippen molar-refractivity contribution in [3.05, 3.63) is 41.2 Å². The molecule has 1 rings (SSSR count). The minimum Gasteiger partial charge on any atom is -0.478 e. The van der Waals surface area contributed by atoms with Gasteiger partial charge in [-0.05, 0) is 37.6 Å². The van der Waals surface area contributed by atoms with Crippen molar-refractivity contribution in [2.24, 2.45) is 0 Å². The van der Waals surface area contributed by atoms with Gasteiger partial charge in [0.25, 0.3) is 0 Å². The first-order valence-corrected chi connectivity index (χ1v) is 6.74. The van der Waals surface area contributed by atoms with Crippen LogP contribution >= 0.6 is 0 Å². The van der Waals surface area contributed by atoms with Crippen LogP contribution in [0.25, 0.3) is 6.08 Å². The number of hydrogen-bond acceptors (Lipinski definition) is 3. The lowest BCUT2D eigenvalue weighted by Gasteiger charge is -2.25. The van der Waals surface area contributed by atoms with E-state index in [1.165, 1.54) is 12.1 Å². The summed E-state index contributed by atoms with van der Waals surface area (Å²) in [4.78, 5) is 12.6. The molecule has 0 spiro atoms. The predicted octanol–water partition coefficient (Wildman–Crippen LogP) is 3.05. The fourth-order valence-electron chi connectivity index (χ4n) is 1.93. The molecule has 0 unspecified atom stereocenters. The van der Waals surface area contributed by atoms with E-state index in [-0.39, 0.29) is 11.6 Å². The number of nitrogens with zero attached hydrogens (tertiary/aromatic N) is 2. The highest BCUT2D eigenvalue weighted by Crippen LogP contribution is 2.15. The van der Waals surface area contributed by atoms with E-state index < -0.39 is 11.8 Å². The van der Waals surface area contributed by atoms with Gasteiger partial charge in [0.1, 0.15) is 5.82 Å². The summed E-state index contributed by atoms with van der Waals surface area (Å²) in [6.07, 6.45) is 2.60. The number of carboxylic acids is 1. The summed E-state index contributed by atoms with van der Waals surface area (Å²) in [6.45, 7) is 5.30. The summed E-state index contributed by atoms with van der Waals surface area (Å²) in [5.41, 5.74) is 1.13. The molecule has 0 fully saturated rings. The molecule has 0 aliphatic heterocycles. The number of hydrogen-bond donors (Lipinski definition) is 1. The minimum absolute atomic E-state index is 0.249. The molecule has 4 nitrogen and oxygen atoms in total. The molecule has 112 valence electrons. The number of aliphatic carboxylic acids is 1. The summed E-state index contributed by atoms with van der Waals surface area (Å²) in [5, 5.41) is 17.3. The Morgan fingerprint density at radius 2 is 2.24 bits per heavy atom. The van der Waals surface area contributed by atoms with Crippen molar-refractivity contribution in [3.63, 3.8) is 0 Å². The van der Waals surface area contributed by atoms with Crippen molar-refractivity contribution in [2.45, 2.75) is 32.9 Å². The second-order valence-corrected chi connectivity index (χ2v) is 5.00. The minimum atomic E-state index is -1.11. The predicted molar refractivity (Wildman–Crippen MR) is 78.8 cm³/mol. The number of rotatable bonds is 7. The lowest BCUT2D eigenvalue weighted by Crippen LogP contribution is -2.31. The molecule has 0 bridgehead atoms. The Balaban J connectivity index is 2.90. The second-order valence-electron chi connectivity index (χ2n) is 5.00. The Labute approximate surface area is 124 Å². The maximum absolute atomic E-state index is 13.6. The molecular weight excluding hydrogens is 271 g/mol. The quantitative estimate of drug-likeness (QED) is 0.784. The fraction of sp³-hybridized carbons (Fsp3) is 0.375. The molecule has 0 aromatic heterocycles. The molecule has 0 aliphatic carbocycles. The molecule has 5 heteroatoms. The third kappa shape index (κ3) is 5.76. The van der Waals surface area contributed by atoms with Gasteiger partial charge in [0, 0.05) is 37.2 Å². The number of nitriles is 1. The van der Waals surface area contributed by atoms with Gasteiger partial charge in [0.2, 0.25) is 0 Å². The SMILES string of the molecule is CC(C)N(CCC#N)Cc1ccc(F)c(C=CC(=O)O)c1. The highest BCUT2D eigenvalue weighted by Gasteiger charge is 2.11. The van der Waals surface area contributed by atoms with Gasteiger partial charge in [0.15, 0.2) is 0 Å². The van der Waals surface area contributed by atoms with Crippen molar-refractivity contribution in [1.82, 2.24) is 4.90 Å². The van der Waals surface area contributed by atoms with Crippen LogP contribution in [0.4, 0.5) is 4.39 Å². The monoisotopic (exact) mass is 290 g/mol. The Kier molecular flexibility index (Phi) is 6.57. The highest BCUT2D eigenvalue weighted by molar-refractivity contribution is 5.85. The van der Waals surface area contributed by atoms with Crippen LogP contribution in [0.5, 0.6) is 0 Å². The van der Waals surface area contributed by atoms with Crippen LogP contribution in [0.15, 0.2) is 24.3 Å². The standard InChI is InChI=1S/C16H19FN2O2/c1-12(2)19(9-3-8-18)11-13-4-6-15(17)14(10-13)5-7-16(20)21/h4-7,10,12H,3,9,11H2,1-2H3,(H,20,21). The molecule has 0 saturated heterocycles. The molecule has 1 N–H and O–H groups in total. The van der Waals surface area contributed by atoms with Crippen LogP contribution < -0.4 is 0 Å². The van der Waals surface area contributed by atoms with Gasteiger partial charge in [0.05, 0.1) is 6.07 Å². The molecule has 21 heavy (non-hydrogen) atoms. The zero-order chi connectivity index (χ0) is 15.8. The van der Waals surface area contributed by atoms with Crippen LogP contribution in [0, 0.1) is 17.1 Å². The summed E-state index contributed by atoms with van der Waals surface area (Å²) in [7, 11) is 0. The molecule has 1 aromatic carbocycles. The van der Waals surface area contributed by atoms with Crippen LogP contribution in [0.1, 0.15) is 31.4 Å². The zero-order valence-electron chi connectivity index (χ0n) is 12.2. The highest BCUT2D eigenvalue weighted by atomic mass is 19.1. The number of carboxylic acid groups (broad SMARTS) is 1. The van der Waals surface area contributed by atoms with Crippen molar-refractivity contribution in [2.75, 3.05) is 6.54 Å². The van der Waals surface area contributed by atoms with E-state index in [2.05, 4.69) is 11.0 Å². The van der Waals surface area contributed by atoms with Gasteiger partial charge in [-0.1, -0.05) is 6.07 Å². The van der Waals surface area contributed by atoms with Gasteiger partial charge in [-0.3, -0.25) is 4.90 Å². The number of halogens is 1. The molecule has 0 amide bonds. The van der Waals surface area contributed by atoms with E-state index in [1.54, 1.807) is 12.1 Å². The first-order valence-electron chi connectivity index (χ1n) is 6.74. The van der Waals surface area contributed by atoms with Gasteiger partial charge >= 0.3 is 5.97 Å². The van der Waals surface area contributed by atoms with E-state index in [9.17, 15) is 9.18 Å². The van der Waals surface area contributed by atoms with Crippen molar-refractivity contribution in [1.29, 1.82) is 5.26 Å². The first-order chi connectivity index (χ1) is 9.93. The van der Waals surface area contributed by atoms with Crippen LogP contribution in [0.2, 0.25) is 0 Å². The Hall–Kier alpha value is -2.19. The Bertz CT molecular complexity index is 562. The van der Waals surface area contributed by atoms with E-state index in [1.807, 2.05) is 13.8 Å². The smallest absolute Gasteiger partial charge is 0.328 e. The lowest BCUT2D eigenvalue weighted by atomic mass is 10.1. The maximum atomic E-state index is 13.6. The lowest BCUT2D eigenvalue weighted by molar-refractivity contribution is -0.131. The van der Waals surface area contributed by atoms with Crippen molar-refractivity contribution < 1.29 is 14.3 Å². The third-order valence-corrected chi connectivity index (χ3v) is 3.09. The molecule has 0 saturated carbocycles. The normalized spacial score (nSPS) is 11.2. The molecule has 0 atom stereocenters. The summed E-state index contributed by atoms with van der Waals surface area (Å²) < 4.78 is 13.6. The Morgan fingerprint density at radius 3 is 2.81 bits per heavy atom. The van der Waals surface area contributed by atoms with Gasteiger partial charge < -0.3 is 5.11 Å². The molecule has 1 aromatic rings. The van der Waals surface area contributed by atoms with E-state index in [4.69, 9.17) is 10.4 Å². The first kappa shape index (κ1) is 16.9. The molecular formula is C16H19FN2O2. The third-order valence-electron chi connectivity index (χ3n) is 3.09. The molecule has 0 radical (unpaired) electrons. The van der Waals surface area contributed by atoms with Crippen LogP contribution in [-0.2, 0) is 11.3 Å². The van der Waals surface area contributed by atoms with E-state index >= 15 is 0 Å². The zero-order valence-corrected chi connectivity index (χ0v) is 12.2. The van der Waals surface area contributed by atoms with E-state index in [0.717, 1.165) is 11.6 Å². The average molecular weight is 290 g/mol. The molecule has 0 heterocycles. The number of benzene rings is 1. The van der Waals surface area contributed by atoms with Crippen molar-refractivity contribution in [3.8, 4) is 6.07 Å². The molecule has 0 aliphatic rings. The van der Waals surface area contributed by atoms with Gasteiger partial charge in [-0.15, -0.1) is 0 Å².